The van der Waals surface area contributed by atoms with Crippen LogP contribution in [0.2, 0.25) is 0 Å². The van der Waals surface area contributed by atoms with Crippen LogP contribution in [0.4, 0.5) is 17.5 Å². The summed E-state index contributed by atoms with van der Waals surface area (Å²) in [6.07, 6.45) is 13.1. The molecular formula is C25H29N5O3S. The van der Waals surface area contributed by atoms with Gasteiger partial charge < -0.3 is 15.0 Å². The van der Waals surface area contributed by atoms with Crippen molar-refractivity contribution >= 4 is 27.5 Å². The number of allylic oxidation sites excluding steroid dienone is 4. The lowest BCUT2D eigenvalue weighted by Crippen LogP contribution is -2.28. The van der Waals surface area contributed by atoms with E-state index in [1.54, 1.807) is 37.6 Å². The van der Waals surface area contributed by atoms with Gasteiger partial charge in [0, 0.05) is 37.1 Å². The van der Waals surface area contributed by atoms with Crippen molar-refractivity contribution in [2.45, 2.75) is 37.0 Å². The maximum Gasteiger partial charge on any atom is 0.240 e. The first kappa shape index (κ1) is 22.6. The van der Waals surface area contributed by atoms with Crippen LogP contribution in [-0.4, -0.2) is 38.6 Å². The molecule has 2 heterocycles. The molecule has 0 atom stereocenters. The molecule has 0 bridgehead atoms. The van der Waals surface area contributed by atoms with Crippen LogP contribution in [-0.2, 0) is 14.8 Å². The maximum absolute atomic E-state index is 12.4. The number of hydrogen-bond acceptors (Lipinski definition) is 7. The Morgan fingerprint density at radius 1 is 1.18 bits per heavy atom. The molecule has 178 valence electrons. The van der Waals surface area contributed by atoms with Crippen molar-refractivity contribution < 1.29 is 13.2 Å². The Balaban J connectivity index is 1.32. The summed E-state index contributed by atoms with van der Waals surface area (Å²) in [5.41, 5.74) is 3.10. The Hall–Kier alpha value is -3.17. The molecule has 0 radical (unpaired) electrons. The smallest absolute Gasteiger partial charge is 0.240 e. The normalized spacial score (nSPS) is 18.3. The van der Waals surface area contributed by atoms with Crippen LogP contribution >= 0.6 is 0 Å². The molecule has 8 nitrogen and oxygen atoms in total. The number of nitrogens with zero attached hydrogens (tertiary/aromatic N) is 3. The first-order valence-electron chi connectivity index (χ1n) is 11.6. The number of anilines is 3. The average Bonchev–Trinajstić information content (AvgIpc) is 3.69. The van der Waals surface area contributed by atoms with Crippen molar-refractivity contribution in [1.82, 2.24) is 14.7 Å². The number of rotatable bonds is 8. The van der Waals surface area contributed by atoms with Crippen molar-refractivity contribution in [1.29, 1.82) is 0 Å². The highest BCUT2D eigenvalue weighted by Gasteiger charge is 2.24. The molecule has 3 aliphatic rings. The van der Waals surface area contributed by atoms with Crippen molar-refractivity contribution in [3.8, 4) is 0 Å². The summed E-state index contributed by atoms with van der Waals surface area (Å²) in [7, 11) is -1.78. The van der Waals surface area contributed by atoms with Gasteiger partial charge in [0.25, 0.3) is 0 Å². The standard InChI is InChI=1S/C25H29N5O3S/c1-33-21-5-2-6-23-19(16-21)4-3-15-30(23)24-13-14-26-25(29-24)28-20-9-11-22(12-10-20)34(31,32)27-17-18-7-8-18/h2,6,9-14,16,18,27H,3-5,7-8,15,17H2,1H3,(H,26,28,29). The zero-order chi connectivity index (χ0) is 23.5. The lowest BCUT2D eigenvalue weighted by molar-refractivity contribution is 0.284. The van der Waals surface area contributed by atoms with Crippen molar-refractivity contribution in [3.05, 3.63) is 71.8 Å². The number of methoxy groups -OCH3 is 1. The van der Waals surface area contributed by atoms with Crippen molar-refractivity contribution in [2.75, 3.05) is 30.4 Å². The van der Waals surface area contributed by atoms with Crippen LogP contribution in [0.3, 0.4) is 0 Å². The van der Waals surface area contributed by atoms with E-state index in [0.29, 0.717) is 18.4 Å². The average molecular weight is 480 g/mol. The second kappa shape index (κ2) is 9.60. The van der Waals surface area contributed by atoms with Gasteiger partial charge in [-0.2, -0.15) is 4.98 Å². The molecule has 0 unspecified atom stereocenters. The highest BCUT2D eigenvalue weighted by atomic mass is 32.2. The minimum Gasteiger partial charge on any atom is -0.501 e. The molecule has 1 saturated carbocycles. The largest absolute Gasteiger partial charge is 0.501 e. The Morgan fingerprint density at radius 2 is 2.00 bits per heavy atom. The van der Waals surface area contributed by atoms with Gasteiger partial charge in [-0.15, -0.1) is 0 Å². The highest BCUT2D eigenvalue weighted by Crippen LogP contribution is 2.32. The summed E-state index contributed by atoms with van der Waals surface area (Å²) in [5, 5.41) is 3.19. The minimum atomic E-state index is -3.49. The van der Waals surface area contributed by atoms with Crippen molar-refractivity contribution in [3.63, 3.8) is 0 Å². The van der Waals surface area contributed by atoms with Gasteiger partial charge in [0.15, 0.2) is 0 Å². The zero-order valence-electron chi connectivity index (χ0n) is 19.2. The third-order valence-electron chi connectivity index (χ3n) is 6.24. The van der Waals surface area contributed by atoms with Gasteiger partial charge in [-0.05, 0) is 79.7 Å². The van der Waals surface area contributed by atoms with Crippen LogP contribution in [0.5, 0.6) is 0 Å². The zero-order valence-corrected chi connectivity index (χ0v) is 20.0. The fourth-order valence-corrected chi connectivity index (χ4v) is 5.27. The SMILES string of the molecule is COC1=CC2=C(C=CC1)N(c1ccnc(Nc3ccc(S(=O)(=O)NCC4CC4)cc3)n1)CCC2. The van der Waals surface area contributed by atoms with Gasteiger partial charge in [-0.25, -0.2) is 18.1 Å². The molecule has 1 aliphatic heterocycles. The molecule has 5 rings (SSSR count). The molecule has 1 fully saturated rings. The van der Waals surface area contributed by atoms with E-state index in [0.717, 1.165) is 61.6 Å². The van der Waals surface area contributed by atoms with Crippen LogP contribution in [0.1, 0.15) is 32.1 Å². The van der Waals surface area contributed by atoms with E-state index in [2.05, 4.69) is 38.2 Å². The third-order valence-corrected chi connectivity index (χ3v) is 7.68. The summed E-state index contributed by atoms with van der Waals surface area (Å²) in [6.45, 7) is 1.38. The number of hydrogen-bond donors (Lipinski definition) is 2. The van der Waals surface area contributed by atoms with E-state index < -0.39 is 10.0 Å². The molecule has 2 N–H and O–H groups in total. The monoisotopic (exact) mass is 479 g/mol. The van der Waals surface area contributed by atoms with Gasteiger partial charge >= 0.3 is 0 Å². The fourth-order valence-electron chi connectivity index (χ4n) is 4.15. The number of aromatic nitrogens is 2. The van der Waals surface area contributed by atoms with Gasteiger partial charge in [-0.1, -0.05) is 6.08 Å². The molecule has 1 aromatic carbocycles. The number of nitrogens with one attached hydrogen (secondary N) is 2. The summed E-state index contributed by atoms with van der Waals surface area (Å²) in [5.74, 6) is 2.71. The number of benzene rings is 1. The number of sulfonamides is 1. The molecule has 34 heavy (non-hydrogen) atoms. The molecule has 0 spiro atoms. The molecule has 9 heteroatoms. The molecule has 0 saturated heterocycles. The van der Waals surface area contributed by atoms with Crippen molar-refractivity contribution in [2.24, 2.45) is 5.92 Å². The first-order valence-corrected chi connectivity index (χ1v) is 13.1. The van der Waals surface area contributed by atoms with E-state index in [1.807, 2.05) is 6.07 Å². The van der Waals surface area contributed by atoms with Gasteiger partial charge in [-0.3, -0.25) is 0 Å². The van der Waals surface area contributed by atoms with E-state index in [-0.39, 0.29) is 4.90 Å². The van der Waals surface area contributed by atoms with Crippen LogP contribution in [0.15, 0.2) is 76.7 Å². The fraction of sp³-hybridized carbons (Fsp3) is 0.360. The summed E-state index contributed by atoms with van der Waals surface area (Å²) in [4.78, 5) is 11.6. The van der Waals surface area contributed by atoms with E-state index in [4.69, 9.17) is 9.72 Å². The van der Waals surface area contributed by atoms with E-state index in [1.165, 1.54) is 5.57 Å². The lowest BCUT2D eigenvalue weighted by Gasteiger charge is -2.30. The molecular weight excluding hydrogens is 450 g/mol. The second-order valence-electron chi connectivity index (χ2n) is 8.77. The second-order valence-corrected chi connectivity index (χ2v) is 10.5. The Labute approximate surface area is 200 Å². The first-order chi connectivity index (χ1) is 16.5. The minimum absolute atomic E-state index is 0.254. The third kappa shape index (κ3) is 5.15. The van der Waals surface area contributed by atoms with Gasteiger partial charge in [0.05, 0.1) is 17.8 Å². The van der Waals surface area contributed by atoms with Crippen LogP contribution in [0.25, 0.3) is 0 Å². The predicted octanol–water partition coefficient (Wildman–Crippen LogP) is 4.25. The Bertz CT molecular complexity index is 1250. The van der Waals surface area contributed by atoms with E-state index in [9.17, 15) is 8.42 Å². The van der Waals surface area contributed by atoms with Gasteiger partial charge in [0.2, 0.25) is 16.0 Å². The van der Waals surface area contributed by atoms with Crippen LogP contribution in [0, 0.1) is 5.92 Å². The van der Waals surface area contributed by atoms with Crippen LogP contribution < -0.4 is 14.9 Å². The quantitative estimate of drug-likeness (QED) is 0.584. The Morgan fingerprint density at radius 3 is 2.76 bits per heavy atom. The number of ether oxygens (including phenoxy) is 1. The molecule has 2 aromatic rings. The maximum atomic E-state index is 12.4. The molecule has 0 amide bonds. The lowest BCUT2D eigenvalue weighted by atomic mass is 10.0. The summed E-state index contributed by atoms with van der Waals surface area (Å²) in [6, 6.07) is 8.56. The van der Waals surface area contributed by atoms with Gasteiger partial charge in [0.1, 0.15) is 5.82 Å². The Kier molecular flexibility index (Phi) is 6.38. The summed E-state index contributed by atoms with van der Waals surface area (Å²) >= 11 is 0. The molecule has 2 aliphatic carbocycles. The summed E-state index contributed by atoms with van der Waals surface area (Å²) < 4.78 is 33.1. The predicted molar refractivity (Wildman–Crippen MR) is 132 cm³/mol. The van der Waals surface area contributed by atoms with E-state index >= 15 is 0 Å². The molecule has 1 aromatic heterocycles. The topological polar surface area (TPSA) is 96.5 Å². The highest BCUT2D eigenvalue weighted by molar-refractivity contribution is 7.89.